The molecule has 0 aliphatic carbocycles. The molecule has 1 aliphatic heterocycles. The maximum Gasteiger partial charge on any atom is 0.246 e. The van der Waals surface area contributed by atoms with E-state index in [9.17, 15) is 12.8 Å². The predicted octanol–water partition coefficient (Wildman–Crippen LogP) is 0.609. The first-order valence-corrected chi connectivity index (χ1v) is 7.99. The van der Waals surface area contributed by atoms with Gasteiger partial charge in [-0.1, -0.05) is 6.07 Å². The lowest BCUT2D eigenvalue weighted by molar-refractivity contribution is 0.170. The summed E-state index contributed by atoms with van der Waals surface area (Å²) in [5.74, 6) is -0.737. The molecule has 7 heteroatoms. The number of hydrogen-bond donors (Lipinski definition) is 1. The molecule has 2 N–H and O–H groups in total. The molecule has 1 heterocycles. The highest BCUT2D eigenvalue weighted by Crippen LogP contribution is 2.24. The summed E-state index contributed by atoms with van der Waals surface area (Å²) in [5.41, 5.74) is 6.00. The van der Waals surface area contributed by atoms with Gasteiger partial charge in [-0.15, -0.1) is 0 Å². The van der Waals surface area contributed by atoms with Crippen molar-refractivity contribution in [1.82, 2.24) is 9.21 Å². The quantitative estimate of drug-likeness (QED) is 0.888. The van der Waals surface area contributed by atoms with Gasteiger partial charge < -0.3 is 10.6 Å². The molecule has 0 radical (unpaired) electrons. The van der Waals surface area contributed by atoms with E-state index in [1.54, 1.807) is 6.07 Å². The molecule has 0 amide bonds. The third-order valence-corrected chi connectivity index (χ3v) is 5.64. The average Bonchev–Trinajstić information content (AvgIpc) is 2.37. The van der Waals surface area contributed by atoms with Gasteiger partial charge in [0.25, 0.3) is 0 Å². The summed E-state index contributed by atoms with van der Waals surface area (Å²) < 4.78 is 40.5. The van der Waals surface area contributed by atoms with E-state index in [1.807, 2.05) is 14.0 Å². The number of likely N-dealkylation sites (N-methyl/N-ethyl adjacent to an activating group) is 1. The van der Waals surface area contributed by atoms with E-state index in [0.717, 1.165) is 0 Å². The first-order valence-electron chi connectivity index (χ1n) is 6.55. The molecule has 0 saturated carbocycles. The second kappa shape index (κ2) is 5.77. The van der Waals surface area contributed by atoms with Gasteiger partial charge in [0.2, 0.25) is 10.0 Å². The van der Waals surface area contributed by atoms with Gasteiger partial charge in [0.15, 0.2) is 0 Å². The van der Waals surface area contributed by atoms with Crippen molar-refractivity contribution in [1.29, 1.82) is 0 Å². The number of rotatable bonds is 3. The van der Waals surface area contributed by atoms with Crippen molar-refractivity contribution in [2.75, 3.05) is 26.7 Å². The Balaban J connectivity index is 2.35. The summed E-state index contributed by atoms with van der Waals surface area (Å²) in [6.45, 7) is 3.67. The number of halogens is 1. The Morgan fingerprint density at radius 1 is 1.40 bits per heavy atom. The van der Waals surface area contributed by atoms with Crippen LogP contribution in [-0.2, 0) is 16.6 Å². The topological polar surface area (TPSA) is 66.6 Å². The second-order valence-electron chi connectivity index (χ2n) is 5.20. The fourth-order valence-corrected chi connectivity index (χ4v) is 4.15. The molecule has 1 unspecified atom stereocenters. The zero-order valence-electron chi connectivity index (χ0n) is 11.7. The van der Waals surface area contributed by atoms with Gasteiger partial charge in [-0.25, -0.2) is 12.8 Å². The van der Waals surface area contributed by atoms with Crippen LogP contribution in [0.15, 0.2) is 23.1 Å². The highest BCUT2D eigenvalue weighted by molar-refractivity contribution is 7.89. The fraction of sp³-hybridized carbons (Fsp3) is 0.538. The van der Waals surface area contributed by atoms with Crippen LogP contribution in [0.3, 0.4) is 0 Å². The lowest BCUT2D eigenvalue weighted by Gasteiger charge is -2.37. The first-order chi connectivity index (χ1) is 9.36. The molecule has 0 spiro atoms. The Labute approximate surface area is 119 Å². The lowest BCUT2D eigenvalue weighted by Crippen LogP contribution is -2.52. The normalized spacial score (nSPS) is 22.1. The monoisotopic (exact) mass is 301 g/mol. The van der Waals surface area contributed by atoms with Crippen LogP contribution in [0.25, 0.3) is 0 Å². The van der Waals surface area contributed by atoms with E-state index < -0.39 is 15.8 Å². The van der Waals surface area contributed by atoms with Crippen LogP contribution in [0.1, 0.15) is 12.5 Å². The molecule has 0 aromatic heterocycles. The van der Waals surface area contributed by atoms with Crippen LogP contribution in [0.4, 0.5) is 4.39 Å². The summed E-state index contributed by atoms with van der Waals surface area (Å²) in [4.78, 5) is 1.79. The van der Waals surface area contributed by atoms with Crippen molar-refractivity contribution in [2.24, 2.45) is 5.73 Å². The number of nitrogens with two attached hydrogens (primary N) is 1. The van der Waals surface area contributed by atoms with Gasteiger partial charge in [0.1, 0.15) is 10.7 Å². The van der Waals surface area contributed by atoms with Crippen LogP contribution in [-0.4, -0.2) is 50.3 Å². The largest absolute Gasteiger partial charge is 0.326 e. The van der Waals surface area contributed by atoms with Crippen LogP contribution < -0.4 is 5.73 Å². The molecule has 1 aliphatic rings. The minimum atomic E-state index is -3.80. The summed E-state index contributed by atoms with van der Waals surface area (Å²) in [5, 5.41) is 0. The number of nitrogens with zero attached hydrogens (tertiary/aromatic N) is 2. The van der Waals surface area contributed by atoms with Crippen LogP contribution in [0.5, 0.6) is 0 Å². The Kier molecular flexibility index (Phi) is 4.43. The van der Waals surface area contributed by atoms with Crippen molar-refractivity contribution in [3.63, 3.8) is 0 Å². The Morgan fingerprint density at radius 3 is 2.65 bits per heavy atom. The van der Waals surface area contributed by atoms with Gasteiger partial charge in [-0.2, -0.15) is 4.31 Å². The Hall–Kier alpha value is -1.02. The molecular formula is C13H20FN3O2S. The van der Waals surface area contributed by atoms with Crippen LogP contribution in [0, 0.1) is 5.82 Å². The predicted molar refractivity (Wildman–Crippen MR) is 75.1 cm³/mol. The highest BCUT2D eigenvalue weighted by atomic mass is 32.2. The highest BCUT2D eigenvalue weighted by Gasteiger charge is 2.34. The number of benzene rings is 1. The van der Waals surface area contributed by atoms with Crippen molar-refractivity contribution in [3.8, 4) is 0 Å². The maximum absolute atomic E-state index is 14.0. The van der Waals surface area contributed by atoms with E-state index in [2.05, 4.69) is 4.90 Å². The number of sulfonamides is 1. The van der Waals surface area contributed by atoms with E-state index in [1.165, 1.54) is 16.4 Å². The van der Waals surface area contributed by atoms with E-state index in [0.29, 0.717) is 25.2 Å². The lowest BCUT2D eigenvalue weighted by atomic mass is 10.2. The molecule has 1 atom stereocenters. The van der Waals surface area contributed by atoms with Crippen molar-refractivity contribution < 1.29 is 12.8 Å². The standard InChI is InChI=1S/C13H20FN3O2S/c1-10-9-16(2)5-6-17(10)20(18,19)13-4-3-11(8-15)7-12(13)14/h3-4,7,10H,5-6,8-9,15H2,1-2H3. The molecule has 20 heavy (non-hydrogen) atoms. The van der Waals surface area contributed by atoms with Crippen molar-refractivity contribution in [3.05, 3.63) is 29.6 Å². The number of hydrogen-bond acceptors (Lipinski definition) is 4. The maximum atomic E-state index is 14.0. The third-order valence-electron chi connectivity index (χ3n) is 3.59. The third kappa shape index (κ3) is 2.85. The molecule has 5 nitrogen and oxygen atoms in total. The molecule has 2 rings (SSSR count). The Bertz CT molecular complexity index is 591. The average molecular weight is 301 g/mol. The van der Waals surface area contributed by atoms with Crippen molar-refractivity contribution >= 4 is 10.0 Å². The SMILES string of the molecule is CC1CN(C)CCN1S(=O)(=O)c1ccc(CN)cc1F. The van der Waals surface area contributed by atoms with Gasteiger partial charge in [-0.3, -0.25) is 0 Å². The molecule has 1 fully saturated rings. The van der Waals surface area contributed by atoms with Gasteiger partial charge >= 0.3 is 0 Å². The van der Waals surface area contributed by atoms with Gasteiger partial charge in [-0.05, 0) is 31.7 Å². The first kappa shape index (κ1) is 15.4. The fourth-order valence-electron chi connectivity index (χ4n) is 2.49. The number of piperazine rings is 1. The molecule has 1 aromatic rings. The van der Waals surface area contributed by atoms with E-state index in [-0.39, 0.29) is 17.5 Å². The summed E-state index contributed by atoms with van der Waals surface area (Å²) in [6.07, 6.45) is 0. The van der Waals surface area contributed by atoms with E-state index >= 15 is 0 Å². The summed E-state index contributed by atoms with van der Waals surface area (Å²) in [6, 6.07) is 3.87. The van der Waals surface area contributed by atoms with Crippen LogP contribution in [0.2, 0.25) is 0 Å². The molecule has 0 bridgehead atoms. The molecule has 1 aromatic carbocycles. The molecule has 1 saturated heterocycles. The Morgan fingerprint density at radius 2 is 2.10 bits per heavy atom. The summed E-state index contributed by atoms with van der Waals surface area (Å²) in [7, 11) is -1.86. The van der Waals surface area contributed by atoms with Crippen LogP contribution >= 0.6 is 0 Å². The smallest absolute Gasteiger partial charge is 0.246 e. The zero-order valence-corrected chi connectivity index (χ0v) is 12.5. The zero-order chi connectivity index (χ0) is 14.9. The second-order valence-corrected chi connectivity index (χ2v) is 7.05. The van der Waals surface area contributed by atoms with Gasteiger partial charge in [0, 0.05) is 32.2 Å². The minimum Gasteiger partial charge on any atom is -0.326 e. The van der Waals surface area contributed by atoms with Gasteiger partial charge in [0.05, 0.1) is 0 Å². The van der Waals surface area contributed by atoms with Crippen molar-refractivity contribution in [2.45, 2.75) is 24.4 Å². The molecule has 112 valence electrons. The minimum absolute atomic E-state index is 0.174. The summed E-state index contributed by atoms with van der Waals surface area (Å²) >= 11 is 0. The van der Waals surface area contributed by atoms with E-state index in [4.69, 9.17) is 5.73 Å². The molecular weight excluding hydrogens is 281 g/mol.